The van der Waals surface area contributed by atoms with Crippen molar-refractivity contribution in [1.82, 2.24) is 16.0 Å². The standard InChI is InChI=1S/C7H13N3/c1-4-2-6-8-5(1)9-7(3-4)10-6/h4-10H,1-3H2. The van der Waals surface area contributed by atoms with Crippen molar-refractivity contribution < 1.29 is 0 Å². The maximum absolute atomic E-state index is 3.49. The second kappa shape index (κ2) is 1.72. The van der Waals surface area contributed by atoms with Crippen LogP contribution in [-0.2, 0) is 0 Å². The molecule has 0 aromatic rings. The van der Waals surface area contributed by atoms with E-state index in [1.807, 2.05) is 0 Å². The van der Waals surface area contributed by atoms with Gasteiger partial charge in [-0.15, -0.1) is 0 Å². The highest BCUT2D eigenvalue weighted by molar-refractivity contribution is 4.96. The van der Waals surface area contributed by atoms with Crippen LogP contribution in [0.25, 0.3) is 0 Å². The van der Waals surface area contributed by atoms with E-state index >= 15 is 0 Å². The Balaban J connectivity index is 1.90. The minimum absolute atomic E-state index is 0.615. The highest BCUT2D eigenvalue weighted by atomic mass is 15.4. The van der Waals surface area contributed by atoms with Gasteiger partial charge in [0.05, 0.1) is 18.5 Å². The lowest BCUT2D eigenvalue weighted by molar-refractivity contribution is 0.0378. The first-order valence-electron chi connectivity index (χ1n) is 4.18. The van der Waals surface area contributed by atoms with Crippen molar-refractivity contribution in [2.75, 3.05) is 0 Å². The zero-order chi connectivity index (χ0) is 6.55. The van der Waals surface area contributed by atoms with E-state index in [4.69, 9.17) is 0 Å². The first-order chi connectivity index (χ1) is 4.90. The van der Waals surface area contributed by atoms with Crippen LogP contribution in [0.4, 0.5) is 0 Å². The first-order valence-corrected chi connectivity index (χ1v) is 4.18. The van der Waals surface area contributed by atoms with Crippen LogP contribution in [0.1, 0.15) is 19.3 Å². The van der Waals surface area contributed by atoms with Gasteiger partial charge in [-0.1, -0.05) is 0 Å². The Morgan fingerprint density at radius 1 is 0.700 bits per heavy atom. The summed E-state index contributed by atoms with van der Waals surface area (Å²) in [6, 6.07) is 0. The minimum atomic E-state index is 0.615. The lowest BCUT2D eigenvalue weighted by Crippen LogP contribution is -2.74. The van der Waals surface area contributed by atoms with E-state index in [1.54, 1.807) is 0 Å². The average Bonchev–Trinajstić information content (AvgIpc) is 1.82. The molecule has 4 rings (SSSR count). The van der Waals surface area contributed by atoms with Crippen LogP contribution in [0.3, 0.4) is 0 Å². The summed E-state index contributed by atoms with van der Waals surface area (Å²) in [7, 11) is 0. The minimum Gasteiger partial charge on any atom is -0.286 e. The molecule has 4 aliphatic heterocycles. The summed E-state index contributed by atoms with van der Waals surface area (Å²) < 4.78 is 0. The summed E-state index contributed by atoms with van der Waals surface area (Å²) in [5, 5.41) is 10.5. The molecule has 0 aromatic heterocycles. The van der Waals surface area contributed by atoms with Crippen LogP contribution >= 0.6 is 0 Å². The third-order valence-corrected chi connectivity index (χ3v) is 2.91. The van der Waals surface area contributed by atoms with Crippen LogP contribution < -0.4 is 16.0 Å². The van der Waals surface area contributed by atoms with Crippen molar-refractivity contribution in [2.45, 2.75) is 37.8 Å². The normalized spacial score (nSPS) is 57.6. The maximum Gasteiger partial charge on any atom is 0.0598 e. The summed E-state index contributed by atoms with van der Waals surface area (Å²) in [6.07, 6.45) is 5.87. The molecule has 0 unspecified atom stereocenters. The van der Waals surface area contributed by atoms with Crippen LogP contribution in [0, 0.1) is 5.92 Å². The Hall–Kier alpha value is -0.120. The number of nitrogens with one attached hydrogen (secondary N) is 3. The Bertz CT molecular complexity index is 100. The molecule has 3 N–H and O–H groups in total. The van der Waals surface area contributed by atoms with Gasteiger partial charge in [0.1, 0.15) is 0 Å². The largest absolute Gasteiger partial charge is 0.286 e. The molecule has 3 nitrogen and oxygen atoms in total. The third kappa shape index (κ3) is 0.654. The molecule has 0 radical (unpaired) electrons. The van der Waals surface area contributed by atoms with Crippen molar-refractivity contribution in [3.05, 3.63) is 0 Å². The van der Waals surface area contributed by atoms with Gasteiger partial charge in [0.15, 0.2) is 0 Å². The van der Waals surface area contributed by atoms with Crippen LogP contribution in [0.2, 0.25) is 0 Å². The van der Waals surface area contributed by atoms with Crippen molar-refractivity contribution in [1.29, 1.82) is 0 Å². The van der Waals surface area contributed by atoms with Gasteiger partial charge < -0.3 is 0 Å². The van der Waals surface area contributed by atoms with E-state index < -0.39 is 0 Å². The van der Waals surface area contributed by atoms with Crippen molar-refractivity contribution in [3.8, 4) is 0 Å². The first kappa shape index (κ1) is 5.52. The molecule has 0 aromatic carbocycles. The van der Waals surface area contributed by atoms with Gasteiger partial charge in [-0.2, -0.15) is 0 Å². The Kier molecular flexibility index (Phi) is 0.952. The van der Waals surface area contributed by atoms with E-state index in [9.17, 15) is 0 Å². The van der Waals surface area contributed by atoms with Gasteiger partial charge in [-0.25, -0.2) is 0 Å². The highest BCUT2D eigenvalue weighted by Crippen LogP contribution is 2.31. The summed E-state index contributed by atoms with van der Waals surface area (Å²) in [4.78, 5) is 0. The molecule has 4 saturated heterocycles. The fourth-order valence-corrected chi connectivity index (χ4v) is 2.57. The quantitative estimate of drug-likeness (QED) is 0.426. The Morgan fingerprint density at radius 3 is 1.40 bits per heavy atom. The van der Waals surface area contributed by atoms with Gasteiger partial charge in [0.2, 0.25) is 0 Å². The van der Waals surface area contributed by atoms with E-state index in [0.29, 0.717) is 18.5 Å². The zero-order valence-electron chi connectivity index (χ0n) is 5.93. The molecule has 0 amide bonds. The van der Waals surface area contributed by atoms with Gasteiger partial charge in [-0.05, 0) is 25.2 Å². The summed E-state index contributed by atoms with van der Waals surface area (Å²) in [5.74, 6) is 0.990. The van der Waals surface area contributed by atoms with Gasteiger partial charge in [-0.3, -0.25) is 16.0 Å². The Labute approximate surface area is 60.6 Å². The fraction of sp³-hybridized carbons (Fsp3) is 1.00. The monoisotopic (exact) mass is 139 g/mol. The second-order valence-electron chi connectivity index (χ2n) is 3.73. The molecule has 4 bridgehead atoms. The second-order valence-corrected chi connectivity index (χ2v) is 3.73. The fourth-order valence-electron chi connectivity index (χ4n) is 2.57. The predicted molar refractivity (Wildman–Crippen MR) is 38.1 cm³/mol. The molecule has 4 heterocycles. The van der Waals surface area contributed by atoms with Gasteiger partial charge in [0, 0.05) is 0 Å². The molecule has 56 valence electrons. The lowest BCUT2D eigenvalue weighted by Gasteiger charge is -2.51. The third-order valence-electron chi connectivity index (χ3n) is 2.91. The number of rotatable bonds is 0. The molecule has 3 heteroatoms. The molecule has 0 spiro atoms. The van der Waals surface area contributed by atoms with Crippen LogP contribution in [0.5, 0.6) is 0 Å². The molecular weight excluding hydrogens is 126 g/mol. The van der Waals surface area contributed by atoms with Gasteiger partial charge in [0.25, 0.3) is 0 Å². The van der Waals surface area contributed by atoms with E-state index in [1.165, 1.54) is 19.3 Å². The van der Waals surface area contributed by atoms with Crippen LogP contribution in [-0.4, -0.2) is 18.5 Å². The molecule has 10 heavy (non-hydrogen) atoms. The molecule has 0 atom stereocenters. The maximum atomic E-state index is 3.49. The average molecular weight is 139 g/mol. The predicted octanol–water partition coefficient (Wildman–Crippen LogP) is -0.439. The van der Waals surface area contributed by atoms with E-state index in [2.05, 4.69) is 16.0 Å². The van der Waals surface area contributed by atoms with Crippen LogP contribution in [0.15, 0.2) is 0 Å². The molecule has 4 fully saturated rings. The highest BCUT2D eigenvalue weighted by Gasteiger charge is 2.40. The lowest BCUT2D eigenvalue weighted by atomic mass is 9.83. The van der Waals surface area contributed by atoms with Crippen molar-refractivity contribution >= 4 is 0 Å². The van der Waals surface area contributed by atoms with Crippen molar-refractivity contribution in [2.24, 2.45) is 5.92 Å². The molecule has 0 saturated carbocycles. The molecular formula is C7H13N3. The topological polar surface area (TPSA) is 36.1 Å². The zero-order valence-corrected chi connectivity index (χ0v) is 5.93. The smallest absolute Gasteiger partial charge is 0.0598 e. The van der Waals surface area contributed by atoms with Crippen molar-refractivity contribution in [3.63, 3.8) is 0 Å². The summed E-state index contributed by atoms with van der Waals surface area (Å²) in [6.45, 7) is 0. The van der Waals surface area contributed by atoms with Gasteiger partial charge >= 0.3 is 0 Å². The Morgan fingerprint density at radius 2 is 1.10 bits per heavy atom. The number of hydrogen-bond donors (Lipinski definition) is 3. The molecule has 4 aliphatic rings. The molecule has 0 aliphatic carbocycles. The number of piperidine rings is 3. The number of hydrogen-bond acceptors (Lipinski definition) is 3. The van der Waals surface area contributed by atoms with E-state index in [0.717, 1.165) is 5.92 Å². The SMILES string of the molecule is C1C2CC3NC1NC(C2)N3. The summed E-state index contributed by atoms with van der Waals surface area (Å²) >= 11 is 0. The summed E-state index contributed by atoms with van der Waals surface area (Å²) in [5.41, 5.74) is 0. The van der Waals surface area contributed by atoms with E-state index in [-0.39, 0.29) is 0 Å².